The van der Waals surface area contributed by atoms with Gasteiger partial charge in [0.15, 0.2) is 17.9 Å². The highest BCUT2D eigenvalue weighted by atomic mass is 35.5. The molecule has 20 heteroatoms. The van der Waals surface area contributed by atoms with Crippen LogP contribution >= 0.6 is 37.2 Å². The van der Waals surface area contributed by atoms with Crippen LogP contribution in [0.25, 0.3) is 0 Å². The first kappa shape index (κ1) is 57.7. The summed E-state index contributed by atoms with van der Waals surface area (Å²) >= 11 is 0. The number of halogens is 3. The monoisotopic (exact) mass is 991 g/mol. The normalized spacial score (nSPS) is 11.4. The van der Waals surface area contributed by atoms with Crippen LogP contribution in [0.5, 0.6) is 23.0 Å². The van der Waals surface area contributed by atoms with E-state index >= 15 is 0 Å². The van der Waals surface area contributed by atoms with Crippen molar-refractivity contribution in [3.05, 3.63) is 99.1 Å². The summed E-state index contributed by atoms with van der Waals surface area (Å²) in [5.41, 5.74) is 44.1. The summed E-state index contributed by atoms with van der Waals surface area (Å²) in [5.74, 6) is 2.26. The number of rotatable bonds is 23. The molecule has 0 saturated carbocycles. The molecule has 0 amide bonds. The van der Waals surface area contributed by atoms with E-state index in [1.807, 2.05) is 82.3 Å². The summed E-state index contributed by atoms with van der Waals surface area (Å²) < 4.78 is 49.6. The maximum atomic E-state index is 6.70. The SMILES string of the molecule is CCOCCOc1c2cccc1Cc1cc(N=C(N)N)cc(c1OCCOCC)Cc1cc(N=C(N)N)cc(c1OCCOCC)Cc1cc(N=C(N)N)cc(c1OCCOCC)C2.Cl.Cl.Cl. The highest BCUT2D eigenvalue weighted by molar-refractivity contribution is 5.86. The molecule has 8 bridgehead atoms. The Morgan fingerprint density at radius 2 is 0.597 bits per heavy atom. The van der Waals surface area contributed by atoms with Gasteiger partial charge in [0.05, 0.1) is 43.5 Å². The lowest BCUT2D eigenvalue weighted by Crippen LogP contribution is -2.22. The van der Waals surface area contributed by atoms with Gasteiger partial charge >= 0.3 is 0 Å². The molecule has 17 nitrogen and oxygen atoms in total. The molecule has 1 aliphatic rings. The van der Waals surface area contributed by atoms with Crippen LogP contribution in [-0.4, -0.2) is 97.2 Å². The predicted octanol–water partition coefficient (Wildman–Crippen LogP) is 6.00. The first-order chi connectivity index (χ1) is 31.0. The number of hydrogen-bond donors (Lipinski definition) is 6. The molecule has 0 spiro atoms. The van der Waals surface area contributed by atoms with Crippen molar-refractivity contribution in [2.45, 2.75) is 53.4 Å². The molecule has 0 fully saturated rings. The van der Waals surface area contributed by atoms with Crippen molar-refractivity contribution in [3.63, 3.8) is 0 Å². The second-order valence-corrected chi connectivity index (χ2v) is 14.7. The number of fused-ring (bicyclic) bond motifs is 8. The number of nitrogens with two attached hydrogens (primary N) is 6. The number of aliphatic imine (C=N–C) groups is 3. The molecule has 5 rings (SSSR count). The van der Waals surface area contributed by atoms with Crippen molar-refractivity contribution in [1.29, 1.82) is 0 Å². The van der Waals surface area contributed by atoms with Gasteiger partial charge in [0.2, 0.25) is 0 Å². The molecule has 0 aromatic heterocycles. The Morgan fingerprint density at radius 1 is 0.373 bits per heavy atom. The van der Waals surface area contributed by atoms with Crippen LogP contribution in [0.2, 0.25) is 0 Å². The average molecular weight is 993 g/mol. The second-order valence-electron chi connectivity index (χ2n) is 14.7. The molecule has 0 radical (unpaired) electrons. The van der Waals surface area contributed by atoms with Crippen molar-refractivity contribution < 1.29 is 37.9 Å². The van der Waals surface area contributed by atoms with E-state index in [1.54, 1.807) is 0 Å². The zero-order valence-electron chi connectivity index (χ0n) is 38.8. The summed E-state index contributed by atoms with van der Waals surface area (Å²) in [6.45, 7) is 12.5. The van der Waals surface area contributed by atoms with Gasteiger partial charge < -0.3 is 72.3 Å². The van der Waals surface area contributed by atoms with Crippen molar-refractivity contribution in [3.8, 4) is 23.0 Å². The molecular weight excluding hydrogens is 925 g/mol. The number of ether oxygens (including phenoxy) is 8. The van der Waals surface area contributed by atoms with Gasteiger partial charge in [-0.1, -0.05) is 18.2 Å². The lowest BCUT2D eigenvalue weighted by atomic mass is 9.90. The Morgan fingerprint density at radius 3 is 0.821 bits per heavy atom. The van der Waals surface area contributed by atoms with Crippen LogP contribution in [0.1, 0.15) is 72.2 Å². The smallest absolute Gasteiger partial charge is 0.191 e. The third-order valence-electron chi connectivity index (χ3n) is 9.87. The van der Waals surface area contributed by atoms with Gasteiger partial charge in [0.25, 0.3) is 0 Å². The summed E-state index contributed by atoms with van der Waals surface area (Å²) in [4.78, 5) is 13.6. The third kappa shape index (κ3) is 17.6. The van der Waals surface area contributed by atoms with E-state index in [0.717, 1.165) is 44.5 Å². The molecular formula is C47H68Cl3N9O8. The molecule has 0 saturated heterocycles. The average Bonchev–Trinajstić information content (AvgIpc) is 3.23. The molecule has 0 unspecified atom stereocenters. The molecule has 0 heterocycles. The number of para-hydroxylation sites is 1. The Balaban J connectivity index is 0.00000514. The van der Waals surface area contributed by atoms with Gasteiger partial charge in [-0.3, -0.25) is 0 Å². The van der Waals surface area contributed by atoms with Crippen LogP contribution in [0.3, 0.4) is 0 Å². The van der Waals surface area contributed by atoms with Crippen LogP contribution in [0.15, 0.2) is 69.6 Å². The fourth-order valence-corrected chi connectivity index (χ4v) is 7.50. The van der Waals surface area contributed by atoms with Gasteiger partial charge in [-0.2, -0.15) is 0 Å². The highest BCUT2D eigenvalue weighted by Gasteiger charge is 2.24. The lowest BCUT2D eigenvalue weighted by molar-refractivity contribution is 0.108. The van der Waals surface area contributed by atoms with Gasteiger partial charge in [-0.25, -0.2) is 15.0 Å². The Kier molecular flexibility index (Phi) is 25.9. The first-order valence-electron chi connectivity index (χ1n) is 21.7. The van der Waals surface area contributed by atoms with Crippen LogP contribution < -0.4 is 53.3 Å². The Hall–Kier alpha value is -5.40. The van der Waals surface area contributed by atoms with E-state index in [9.17, 15) is 0 Å². The van der Waals surface area contributed by atoms with E-state index in [4.69, 9.17) is 72.3 Å². The molecule has 1 aliphatic carbocycles. The quantitative estimate of drug-likeness (QED) is 0.0249. The van der Waals surface area contributed by atoms with Gasteiger partial charge in [0, 0.05) is 85.5 Å². The van der Waals surface area contributed by atoms with E-state index in [1.165, 1.54) is 0 Å². The maximum Gasteiger partial charge on any atom is 0.191 e. The summed E-state index contributed by atoms with van der Waals surface area (Å²) in [6.07, 6.45) is 1.31. The fraction of sp³-hybridized carbons (Fsp3) is 0.426. The zero-order chi connectivity index (χ0) is 45.8. The standard InChI is InChI=1S/C47H65N9O8.3ClH/c1-5-57-12-16-61-41-30-10-9-11-31(41)21-33-25-39(55-46(50)51)27-35(43(33)63-18-14-59-7-3)23-37-29-40(56-47(52)53)28-36(44(37)64-19-15-60-8-4)22-34-26-38(54-45(48)49)24-32(20-30)42(34)62-17-13-58-6-2;;;/h9-11,24-29H,5-8,12-23H2,1-4H3,(H4,48,49,54)(H4,50,51,55)(H4,52,53,56);3*1H. The van der Waals surface area contributed by atoms with Crippen LogP contribution in [0.4, 0.5) is 17.1 Å². The third-order valence-corrected chi connectivity index (χ3v) is 9.87. The number of guanidine groups is 3. The summed E-state index contributed by atoms with van der Waals surface area (Å²) in [5, 5.41) is 0. The first-order valence-corrected chi connectivity index (χ1v) is 21.7. The van der Waals surface area contributed by atoms with Crippen molar-refractivity contribution in [2.75, 3.05) is 79.3 Å². The van der Waals surface area contributed by atoms with E-state index in [-0.39, 0.29) is 87.8 Å². The molecule has 67 heavy (non-hydrogen) atoms. The van der Waals surface area contributed by atoms with E-state index in [0.29, 0.717) is 112 Å². The largest absolute Gasteiger partial charge is 0.491 e. The summed E-state index contributed by atoms with van der Waals surface area (Å²) in [7, 11) is 0. The van der Waals surface area contributed by atoms with Crippen LogP contribution in [-0.2, 0) is 44.6 Å². The molecule has 4 aromatic carbocycles. The van der Waals surface area contributed by atoms with Crippen LogP contribution in [0, 0.1) is 0 Å². The highest BCUT2D eigenvalue weighted by Crippen LogP contribution is 2.42. The number of benzene rings is 4. The minimum Gasteiger partial charge on any atom is -0.491 e. The molecule has 370 valence electrons. The minimum absolute atomic E-state index is 0. The van der Waals surface area contributed by atoms with Crippen molar-refractivity contribution in [1.82, 2.24) is 0 Å². The minimum atomic E-state index is -0.113. The maximum absolute atomic E-state index is 6.70. The van der Waals surface area contributed by atoms with E-state index in [2.05, 4.69) is 15.0 Å². The van der Waals surface area contributed by atoms with E-state index < -0.39 is 0 Å². The topological polar surface area (TPSA) is 267 Å². The van der Waals surface area contributed by atoms with Gasteiger partial charge in [0.1, 0.15) is 49.4 Å². The summed E-state index contributed by atoms with van der Waals surface area (Å²) in [6, 6.07) is 17.5. The number of hydrogen-bond acceptors (Lipinski definition) is 11. The predicted molar refractivity (Wildman–Crippen MR) is 273 cm³/mol. The molecule has 0 aliphatic heterocycles. The van der Waals surface area contributed by atoms with Crippen molar-refractivity contribution >= 4 is 72.2 Å². The zero-order valence-corrected chi connectivity index (χ0v) is 41.3. The Labute approximate surface area is 412 Å². The fourth-order valence-electron chi connectivity index (χ4n) is 7.50. The lowest BCUT2D eigenvalue weighted by Gasteiger charge is -2.24. The Bertz CT molecular complexity index is 2130. The molecule has 4 aromatic rings. The van der Waals surface area contributed by atoms with Gasteiger partial charge in [-0.05, 0) is 75.2 Å². The van der Waals surface area contributed by atoms with Gasteiger partial charge in [-0.15, -0.1) is 37.2 Å². The molecule has 0 atom stereocenters. The van der Waals surface area contributed by atoms with Crippen molar-refractivity contribution in [2.24, 2.45) is 49.4 Å². The molecule has 12 N–H and O–H groups in total. The second kappa shape index (κ2) is 30.1. The number of nitrogens with zero attached hydrogens (tertiary/aromatic N) is 3.